The van der Waals surface area contributed by atoms with E-state index in [1.807, 2.05) is 12.2 Å². The third-order valence-electron chi connectivity index (χ3n) is 3.89. The molecule has 118 valence electrons. The van der Waals surface area contributed by atoms with Gasteiger partial charge in [-0.1, -0.05) is 26.0 Å². The maximum atomic E-state index is 11.3. The van der Waals surface area contributed by atoms with Gasteiger partial charge in [-0.2, -0.15) is 0 Å². The van der Waals surface area contributed by atoms with E-state index in [9.17, 15) is 4.79 Å². The van der Waals surface area contributed by atoms with E-state index in [-0.39, 0.29) is 5.56 Å². The van der Waals surface area contributed by atoms with E-state index < -0.39 is 0 Å². The zero-order valence-electron chi connectivity index (χ0n) is 13.5. The summed E-state index contributed by atoms with van der Waals surface area (Å²) in [6, 6.07) is 10.0. The Labute approximate surface area is 135 Å². The number of nitrogens with zero attached hydrogens (tertiary/aromatic N) is 2. The highest BCUT2D eigenvalue weighted by Gasteiger charge is 2.02. The third kappa shape index (κ3) is 3.77. The molecule has 4 nitrogen and oxygen atoms in total. The van der Waals surface area contributed by atoms with Crippen molar-refractivity contribution in [2.75, 3.05) is 0 Å². The lowest BCUT2D eigenvalue weighted by Crippen LogP contribution is -2.04. The van der Waals surface area contributed by atoms with Crippen LogP contribution in [0.15, 0.2) is 47.7 Å². The van der Waals surface area contributed by atoms with Crippen LogP contribution in [0.4, 0.5) is 0 Å². The summed E-state index contributed by atoms with van der Waals surface area (Å²) in [7, 11) is 0. The molecular weight excluding hydrogens is 286 g/mol. The first-order valence-electron chi connectivity index (χ1n) is 7.93. The fourth-order valence-electron chi connectivity index (χ4n) is 2.57. The minimum absolute atomic E-state index is 0.141. The lowest BCUT2D eigenvalue weighted by Gasteiger charge is -2.07. The second kappa shape index (κ2) is 6.65. The fourth-order valence-corrected chi connectivity index (χ4v) is 2.57. The normalized spacial score (nSPS) is 11.8. The molecule has 23 heavy (non-hydrogen) atoms. The van der Waals surface area contributed by atoms with Crippen molar-refractivity contribution in [3.05, 3.63) is 64.5 Å². The molecule has 0 amide bonds. The molecule has 0 atom stereocenters. The highest BCUT2D eigenvalue weighted by atomic mass is 16.1. The Bertz CT molecular complexity index is 887. The Balaban J connectivity index is 1.82. The second-order valence-electron chi connectivity index (χ2n) is 6.18. The SMILES string of the molecule is CC(C)CCn1ccc2cc(/C=C/c3cc(=O)[nH]cn3)ccc21. The zero-order chi connectivity index (χ0) is 16.2. The predicted octanol–water partition coefficient (Wildman–Crippen LogP) is 3.94. The number of aryl methyl sites for hydroxylation is 1. The molecule has 0 unspecified atom stereocenters. The van der Waals surface area contributed by atoms with Crippen molar-refractivity contribution in [2.24, 2.45) is 5.92 Å². The Morgan fingerprint density at radius 3 is 2.87 bits per heavy atom. The minimum atomic E-state index is -0.141. The highest BCUT2D eigenvalue weighted by molar-refractivity contribution is 5.84. The first kappa shape index (κ1) is 15.3. The monoisotopic (exact) mass is 307 g/mol. The largest absolute Gasteiger partial charge is 0.347 e. The maximum Gasteiger partial charge on any atom is 0.251 e. The molecule has 1 N–H and O–H groups in total. The van der Waals surface area contributed by atoms with Crippen molar-refractivity contribution in [3.63, 3.8) is 0 Å². The molecule has 0 spiro atoms. The number of benzene rings is 1. The first-order chi connectivity index (χ1) is 11.1. The number of hydrogen-bond acceptors (Lipinski definition) is 2. The van der Waals surface area contributed by atoms with Gasteiger partial charge in [0, 0.05) is 29.7 Å². The average Bonchev–Trinajstić information content (AvgIpc) is 2.93. The number of rotatable bonds is 5. The molecule has 0 aliphatic rings. The van der Waals surface area contributed by atoms with Crippen LogP contribution in [0.25, 0.3) is 23.1 Å². The van der Waals surface area contributed by atoms with E-state index in [2.05, 4.69) is 58.8 Å². The predicted molar refractivity (Wildman–Crippen MR) is 95.2 cm³/mol. The van der Waals surface area contributed by atoms with Gasteiger partial charge in [-0.3, -0.25) is 4.79 Å². The Morgan fingerprint density at radius 2 is 2.09 bits per heavy atom. The number of nitrogens with one attached hydrogen (secondary N) is 1. The van der Waals surface area contributed by atoms with E-state index in [0.717, 1.165) is 12.1 Å². The fraction of sp³-hybridized carbons (Fsp3) is 0.263. The molecule has 0 aliphatic heterocycles. The molecule has 4 heteroatoms. The van der Waals surface area contributed by atoms with Crippen LogP contribution in [-0.2, 0) is 6.54 Å². The van der Waals surface area contributed by atoms with Crippen LogP contribution in [-0.4, -0.2) is 14.5 Å². The summed E-state index contributed by atoms with van der Waals surface area (Å²) in [5.74, 6) is 0.705. The molecule has 0 fully saturated rings. The molecule has 3 aromatic rings. The standard InChI is InChI=1S/C19H21N3O/c1-14(2)7-9-22-10-8-16-11-15(4-6-18(16)22)3-5-17-12-19(23)21-13-20-17/h3-6,8,10-14H,7,9H2,1-2H3,(H,20,21,23)/b5-3+. The molecule has 0 aliphatic carbocycles. The smallest absolute Gasteiger partial charge is 0.251 e. The van der Waals surface area contributed by atoms with Crippen molar-refractivity contribution in [3.8, 4) is 0 Å². The molecule has 0 saturated heterocycles. The van der Waals surface area contributed by atoms with Crippen LogP contribution in [0.2, 0.25) is 0 Å². The molecular formula is C19H21N3O. The summed E-state index contributed by atoms with van der Waals surface area (Å²) in [4.78, 5) is 17.9. The van der Waals surface area contributed by atoms with Crippen molar-refractivity contribution < 1.29 is 0 Å². The number of fused-ring (bicyclic) bond motifs is 1. The Kier molecular flexibility index (Phi) is 4.42. The van der Waals surface area contributed by atoms with Gasteiger partial charge in [0.15, 0.2) is 0 Å². The average molecular weight is 307 g/mol. The van der Waals surface area contributed by atoms with E-state index >= 15 is 0 Å². The number of aromatic amines is 1. The summed E-state index contributed by atoms with van der Waals surface area (Å²) >= 11 is 0. The van der Waals surface area contributed by atoms with Crippen LogP contribution < -0.4 is 5.56 Å². The third-order valence-corrected chi connectivity index (χ3v) is 3.89. The summed E-state index contributed by atoms with van der Waals surface area (Å²) in [5.41, 5.74) is 2.87. The van der Waals surface area contributed by atoms with Crippen molar-refractivity contribution in [1.29, 1.82) is 0 Å². The van der Waals surface area contributed by atoms with Crippen molar-refractivity contribution in [1.82, 2.24) is 14.5 Å². The topological polar surface area (TPSA) is 50.7 Å². The van der Waals surface area contributed by atoms with Gasteiger partial charge < -0.3 is 9.55 Å². The summed E-state index contributed by atoms with van der Waals surface area (Å²) in [6.45, 7) is 5.54. The van der Waals surface area contributed by atoms with Crippen LogP contribution in [0.5, 0.6) is 0 Å². The summed E-state index contributed by atoms with van der Waals surface area (Å²) in [5, 5.41) is 1.23. The van der Waals surface area contributed by atoms with Gasteiger partial charge in [-0.15, -0.1) is 0 Å². The van der Waals surface area contributed by atoms with E-state index in [1.165, 1.54) is 29.7 Å². The number of H-pyrrole nitrogens is 1. The number of hydrogen-bond donors (Lipinski definition) is 1. The van der Waals surface area contributed by atoms with Gasteiger partial charge in [-0.25, -0.2) is 4.98 Å². The van der Waals surface area contributed by atoms with Gasteiger partial charge in [-0.05, 0) is 42.2 Å². The Hall–Kier alpha value is -2.62. The van der Waals surface area contributed by atoms with Gasteiger partial charge in [0.25, 0.3) is 5.56 Å². The molecule has 1 aromatic carbocycles. The van der Waals surface area contributed by atoms with Crippen LogP contribution in [0, 0.1) is 5.92 Å². The maximum absolute atomic E-state index is 11.3. The van der Waals surface area contributed by atoms with Crippen LogP contribution >= 0.6 is 0 Å². The van der Waals surface area contributed by atoms with Gasteiger partial charge in [0.2, 0.25) is 0 Å². The lowest BCUT2D eigenvalue weighted by atomic mass is 10.1. The molecule has 0 saturated carbocycles. The summed E-state index contributed by atoms with van der Waals surface area (Å²) in [6.07, 6.45) is 8.58. The van der Waals surface area contributed by atoms with Gasteiger partial charge >= 0.3 is 0 Å². The van der Waals surface area contributed by atoms with Crippen LogP contribution in [0.3, 0.4) is 0 Å². The van der Waals surface area contributed by atoms with E-state index in [1.54, 1.807) is 0 Å². The molecule has 3 rings (SSSR count). The molecule has 2 heterocycles. The molecule has 0 bridgehead atoms. The Morgan fingerprint density at radius 1 is 1.22 bits per heavy atom. The quantitative estimate of drug-likeness (QED) is 0.776. The van der Waals surface area contributed by atoms with Gasteiger partial charge in [0.05, 0.1) is 12.0 Å². The lowest BCUT2D eigenvalue weighted by molar-refractivity contribution is 0.524. The molecule has 2 aromatic heterocycles. The first-order valence-corrected chi connectivity index (χ1v) is 7.93. The van der Waals surface area contributed by atoms with Gasteiger partial charge in [0.1, 0.15) is 0 Å². The van der Waals surface area contributed by atoms with Crippen molar-refractivity contribution >= 4 is 23.1 Å². The highest BCUT2D eigenvalue weighted by Crippen LogP contribution is 2.20. The van der Waals surface area contributed by atoms with Crippen LogP contribution in [0.1, 0.15) is 31.5 Å². The molecule has 0 radical (unpaired) electrons. The summed E-state index contributed by atoms with van der Waals surface area (Å²) < 4.78 is 2.31. The van der Waals surface area contributed by atoms with E-state index in [0.29, 0.717) is 11.6 Å². The minimum Gasteiger partial charge on any atom is -0.347 e. The zero-order valence-corrected chi connectivity index (χ0v) is 13.5. The second-order valence-corrected chi connectivity index (χ2v) is 6.18. The number of aromatic nitrogens is 3. The van der Waals surface area contributed by atoms with Crippen molar-refractivity contribution in [2.45, 2.75) is 26.8 Å². The van der Waals surface area contributed by atoms with E-state index in [4.69, 9.17) is 0 Å².